The Labute approximate surface area is 87.2 Å². The summed E-state index contributed by atoms with van der Waals surface area (Å²) in [7, 11) is 0. The number of aromatic nitrogens is 1. The number of hydrogen-bond donors (Lipinski definition) is 1. The molecule has 0 aromatic carbocycles. The van der Waals surface area contributed by atoms with Gasteiger partial charge < -0.3 is 9.67 Å². The van der Waals surface area contributed by atoms with E-state index in [4.69, 9.17) is 5.11 Å². The number of pyridine rings is 1. The summed E-state index contributed by atoms with van der Waals surface area (Å²) < 4.78 is 1.55. The minimum Gasteiger partial charge on any atom is -0.477 e. The molecule has 0 spiro atoms. The zero-order valence-electron chi connectivity index (χ0n) is 8.51. The summed E-state index contributed by atoms with van der Waals surface area (Å²) in [6.45, 7) is 2.08. The van der Waals surface area contributed by atoms with Gasteiger partial charge in [-0.25, -0.2) is 4.79 Å². The zero-order valence-corrected chi connectivity index (χ0v) is 8.51. The van der Waals surface area contributed by atoms with Gasteiger partial charge in [-0.3, -0.25) is 4.79 Å². The lowest BCUT2D eigenvalue weighted by atomic mass is 10.2. The van der Waals surface area contributed by atoms with Crippen LogP contribution in [0, 0.1) is 5.92 Å². The second-order valence-electron chi connectivity index (χ2n) is 3.91. The molecule has 1 aliphatic rings. The number of carboxylic acid groups (broad SMARTS) is 1. The van der Waals surface area contributed by atoms with Crippen LogP contribution in [0.1, 0.15) is 36.2 Å². The summed E-state index contributed by atoms with van der Waals surface area (Å²) in [5.74, 6) is -0.616. The van der Waals surface area contributed by atoms with Crippen LogP contribution < -0.4 is 5.56 Å². The van der Waals surface area contributed by atoms with E-state index in [1.165, 1.54) is 6.07 Å². The van der Waals surface area contributed by atoms with Gasteiger partial charge in [0.2, 0.25) is 0 Å². The number of carboxylic acids is 1. The van der Waals surface area contributed by atoms with Gasteiger partial charge in [0.05, 0.1) is 0 Å². The minimum absolute atomic E-state index is 0.140. The summed E-state index contributed by atoms with van der Waals surface area (Å²) in [6.07, 6.45) is 3.70. The van der Waals surface area contributed by atoms with Gasteiger partial charge in [0.1, 0.15) is 5.56 Å². The van der Waals surface area contributed by atoms with Gasteiger partial charge in [0, 0.05) is 12.2 Å². The third kappa shape index (κ3) is 1.67. The van der Waals surface area contributed by atoms with Crippen molar-refractivity contribution in [1.29, 1.82) is 0 Å². The smallest absolute Gasteiger partial charge is 0.341 e. The van der Waals surface area contributed by atoms with Crippen LogP contribution in [0.5, 0.6) is 0 Å². The number of aromatic carboxylic acids is 1. The molecule has 4 heteroatoms. The van der Waals surface area contributed by atoms with Crippen molar-refractivity contribution in [1.82, 2.24) is 4.57 Å². The first-order valence-electron chi connectivity index (χ1n) is 5.09. The van der Waals surface area contributed by atoms with E-state index in [-0.39, 0.29) is 17.2 Å². The third-order valence-electron chi connectivity index (χ3n) is 2.97. The lowest BCUT2D eigenvalue weighted by Gasteiger charge is -2.04. The summed E-state index contributed by atoms with van der Waals surface area (Å²) in [4.78, 5) is 22.5. The van der Waals surface area contributed by atoms with Crippen molar-refractivity contribution in [2.75, 3.05) is 0 Å². The van der Waals surface area contributed by atoms with Crippen LogP contribution in [0.2, 0.25) is 0 Å². The van der Waals surface area contributed by atoms with Crippen LogP contribution in [0.3, 0.4) is 0 Å². The van der Waals surface area contributed by atoms with E-state index in [1.807, 2.05) is 0 Å². The molecule has 80 valence electrons. The Morgan fingerprint density at radius 1 is 1.67 bits per heavy atom. The zero-order chi connectivity index (χ0) is 11.0. The number of nitrogens with zero attached hydrogens (tertiary/aromatic N) is 1. The van der Waals surface area contributed by atoms with Crippen molar-refractivity contribution in [2.45, 2.75) is 25.8 Å². The molecule has 1 aromatic rings. The molecule has 1 heterocycles. The lowest BCUT2D eigenvalue weighted by molar-refractivity contribution is 0.0694. The molecule has 0 aliphatic heterocycles. The molecule has 1 aliphatic carbocycles. The van der Waals surface area contributed by atoms with Gasteiger partial charge in [0.25, 0.3) is 5.56 Å². The van der Waals surface area contributed by atoms with E-state index in [0.29, 0.717) is 5.92 Å². The number of carbonyl (C=O) groups is 1. The van der Waals surface area contributed by atoms with E-state index < -0.39 is 5.97 Å². The Hall–Kier alpha value is -1.58. The minimum atomic E-state index is -1.15. The lowest BCUT2D eigenvalue weighted by Crippen LogP contribution is -2.25. The molecule has 2 atom stereocenters. The molecule has 0 bridgehead atoms. The molecule has 15 heavy (non-hydrogen) atoms. The Morgan fingerprint density at radius 3 is 2.93 bits per heavy atom. The molecule has 0 saturated heterocycles. The Kier molecular flexibility index (Phi) is 2.34. The summed E-state index contributed by atoms with van der Waals surface area (Å²) >= 11 is 0. The van der Waals surface area contributed by atoms with Crippen molar-refractivity contribution in [3.63, 3.8) is 0 Å². The fourth-order valence-corrected chi connectivity index (χ4v) is 1.95. The average molecular weight is 207 g/mol. The van der Waals surface area contributed by atoms with E-state index >= 15 is 0 Å². The SMILES string of the molecule is CC[C@H]1C[C@@H]1n1cccc(C(=O)O)c1=O. The van der Waals surface area contributed by atoms with Crippen LogP contribution in [0.15, 0.2) is 23.1 Å². The summed E-state index contributed by atoms with van der Waals surface area (Å²) in [5, 5.41) is 8.80. The maximum Gasteiger partial charge on any atom is 0.341 e. The number of hydrogen-bond acceptors (Lipinski definition) is 2. The van der Waals surface area contributed by atoms with Gasteiger partial charge in [-0.1, -0.05) is 13.3 Å². The first kappa shape index (κ1) is 9.96. The topological polar surface area (TPSA) is 59.3 Å². The molecule has 0 radical (unpaired) electrons. The van der Waals surface area contributed by atoms with Crippen molar-refractivity contribution in [3.05, 3.63) is 34.2 Å². The first-order chi connectivity index (χ1) is 7.15. The number of rotatable bonds is 3. The third-order valence-corrected chi connectivity index (χ3v) is 2.97. The molecule has 0 unspecified atom stereocenters. The average Bonchev–Trinajstić information content (AvgIpc) is 2.96. The van der Waals surface area contributed by atoms with Crippen molar-refractivity contribution in [2.24, 2.45) is 5.92 Å². The van der Waals surface area contributed by atoms with Crippen LogP contribution in [-0.2, 0) is 0 Å². The fourth-order valence-electron chi connectivity index (χ4n) is 1.95. The van der Waals surface area contributed by atoms with Gasteiger partial charge in [-0.15, -0.1) is 0 Å². The molecule has 0 amide bonds. The molecule has 1 saturated carbocycles. The van der Waals surface area contributed by atoms with Crippen molar-refractivity contribution in [3.8, 4) is 0 Å². The molecule has 2 rings (SSSR count). The maximum absolute atomic E-state index is 11.7. The fraction of sp³-hybridized carbons (Fsp3) is 0.455. The quantitative estimate of drug-likeness (QED) is 0.817. The van der Waals surface area contributed by atoms with E-state index in [0.717, 1.165) is 12.8 Å². The molecule has 1 aromatic heterocycles. The predicted octanol–water partition coefficient (Wildman–Crippen LogP) is 1.52. The standard InChI is InChI=1S/C11H13NO3/c1-2-7-6-9(7)12-5-3-4-8(10(12)13)11(14)15/h3-5,7,9H,2,6H2,1H3,(H,14,15)/t7-,9-/m0/s1. The van der Waals surface area contributed by atoms with Gasteiger partial charge >= 0.3 is 5.97 Å². The first-order valence-corrected chi connectivity index (χ1v) is 5.09. The highest BCUT2D eigenvalue weighted by Crippen LogP contribution is 2.44. The normalized spacial score (nSPS) is 23.8. The molecule has 1 fully saturated rings. The van der Waals surface area contributed by atoms with Crippen LogP contribution in [-0.4, -0.2) is 15.6 Å². The summed E-state index contributed by atoms with van der Waals surface area (Å²) in [6, 6.07) is 3.18. The van der Waals surface area contributed by atoms with E-state index in [9.17, 15) is 9.59 Å². The largest absolute Gasteiger partial charge is 0.477 e. The second-order valence-corrected chi connectivity index (χ2v) is 3.91. The second kappa shape index (κ2) is 3.53. The highest BCUT2D eigenvalue weighted by Gasteiger charge is 2.37. The molecular weight excluding hydrogens is 194 g/mol. The van der Waals surface area contributed by atoms with Crippen LogP contribution >= 0.6 is 0 Å². The Morgan fingerprint density at radius 2 is 2.40 bits per heavy atom. The van der Waals surface area contributed by atoms with Crippen molar-refractivity contribution >= 4 is 5.97 Å². The van der Waals surface area contributed by atoms with Crippen LogP contribution in [0.4, 0.5) is 0 Å². The van der Waals surface area contributed by atoms with E-state index in [1.54, 1.807) is 16.8 Å². The maximum atomic E-state index is 11.7. The molecular formula is C11H13NO3. The van der Waals surface area contributed by atoms with Gasteiger partial charge in [-0.2, -0.15) is 0 Å². The molecule has 1 N–H and O–H groups in total. The Balaban J connectivity index is 2.38. The predicted molar refractivity (Wildman–Crippen MR) is 55.1 cm³/mol. The van der Waals surface area contributed by atoms with E-state index in [2.05, 4.69) is 6.92 Å². The van der Waals surface area contributed by atoms with Gasteiger partial charge in [-0.05, 0) is 24.5 Å². The van der Waals surface area contributed by atoms with Crippen molar-refractivity contribution < 1.29 is 9.90 Å². The van der Waals surface area contributed by atoms with Gasteiger partial charge in [0.15, 0.2) is 0 Å². The molecule has 4 nitrogen and oxygen atoms in total. The highest BCUT2D eigenvalue weighted by molar-refractivity contribution is 5.86. The van der Waals surface area contributed by atoms with Crippen LogP contribution in [0.25, 0.3) is 0 Å². The Bertz CT molecular complexity index is 449. The summed E-state index contributed by atoms with van der Waals surface area (Å²) in [5.41, 5.74) is -0.523. The highest BCUT2D eigenvalue weighted by atomic mass is 16.4. The monoisotopic (exact) mass is 207 g/mol.